The number of amides is 3. The highest BCUT2D eigenvalue weighted by Crippen LogP contribution is 2.53. The maximum Gasteiger partial charge on any atom is 0.262 e. The number of ether oxygens (including phenoxy) is 1. The van der Waals surface area contributed by atoms with E-state index in [0.717, 1.165) is 4.31 Å². The smallest absolute Gasteiger partial charge is 0.262 e. The fourth-order valence-electron chi connectivity index (χ4n) is 5.19. The van der Waals surface area contributed by atoms with E-state index in [2.05, 4.69) is 0 Å². The molecule has 11 heteroatoms. The number of hydroxylamine groups is 2. The molecular weight excluding hydrogens is 486 g/mol. The van der Waals surface area contributed by atoms with Crippen molar-refractivity contribution >= 4 is 27.7 Å². The molecule has 0 radical (unpaired) electrons. The van der Waals surface area contributed by atoms with Crippen LogP contribution in [0.1, 0.15) is 41.0 Å². The van der Waals surface area contributed by atoms with Gasteiger partial charge in [-0.15, -0.1) is 0 Å². The monoisotopic (exact) mass is 525 g/mol. The van der Waals surface area contributed by atoms with E-state index in [1.807, 2.05) is 13.8 Å². The quantitative estimate of drug-likeness (QED) is 0.388. The van der Waals surface area contributed by atoms with Gasteiger partial charge in [0.1, 0.15) is 5.75 Å². The second-order valence-electron chi connectivity index (χ2n) is 11.1. The van der Waals surface area contributed by atoms with Crippen molar-refractivity contribution < 1.29 is 32.7 Å². The van der Waals surface area contributed by atoms with Crippen molar-refractivity contribution in [2.24, 2.45) is 28.6 Å². The van der Waals surface area contributed by atoms with Crippen LogP contribution in [0.4, 0.5) is 0 Å². The molecule has 0 unspecified atom stereocenters. The third-order valence-corrected chi connectivity index (χ3v) is 8.56. The minimum atomic E-state index is -4.14. The Morgan fingerprint density at radius 2 is 1.67 bits per heavy atom. The summed E-state index contributed by atoms with van der Waals surface area (Å²) >= 11 is 0. The highest BCUT2D eigenvalue weighted by molar-refractivity contribution is 7.89. The molecule has 0 bridgehead atoms. The van der Waals surface area contributed by atoms with E-state index in [-0.39, 0.29) is 22.3 Å². The molecule has 1 aliphatic heterocycles. The maximum atomic E-state index is 13.8. The highest BCUT2D eigenvalue weighted by Gasteiger charge is 2.67. The van der Waals surface area contributed by atoms with Gasteiger partial charge in [-0.3, -0.25) is 19.6 Å². The molecule has 1 aromatic rings. The first-order valence-corrected chi connectivity index (χ1v) is 13.3. The second-order valence-corrected chi connectivity index (χ2v) is 13.2. The Balaban J connectivity index is 2.78. The number of hydrogen-bond donors (Lipinski definition) is 1. The van der Waals surface area contributed by atoms with Crippen molar-refractivity contribution in [1.29, 1.82) is 0 Å². The minimum absolute atomic E-state index is 0.0368. The van der Waals surface area contributed by atoms with E-state index < -0.39 is 57.0 Å². The molecule has 0 aromatic heterocycles. The Morgan fingerprint density at radius 3 is 2.08 bits per heavy atom. The number of hydrogen-bond acceptors (Lipinski definition) is 7. The number of carbonyl (C=O) groups excluding carboxylic acids is 3. The van der Waals surface area contributed by atoms with Crippen LogP contribution in [-0.2, 0) is 24.4 Å². The van der Waals surface area contributed by atoms with Gasteiger partial charge < -0.3 is 9.64 Å². The molecule has 0 aliphatic carbocycles. The van der Waals surface area contributed by atoms with Gasteiger partial charge in [0.05, 0.1) is 29.3 Å². The lowest BCUT2D eigenvalue weighted by atomic mass is 9.57. The van der Waals surface area contributed by atoms with Gasteiger partial charge in [0, 0.05) is 27.7 Å². The van der Waals surface area contributed by atoms with E-state index in [9.17, 15) is 28.0 Å². The molecule has 0 saturated carbocycles. The molecule has 3 amide bonds. The number of methoxy groups -OCH3 is 1. The van der Waals surface area contributed by atoms with Crippen LogP contribution in [-0.4, -0.2) is 80.4 Å². The number of imide groups is 1. The van der Waals surface area contributed by atoms with Crippen LogP contribution in [0.3, 0.4) is 0 Å². The van der Waals surface area contributed by atoms with Gasteiger partial charge in [-0.05, 0) is 42.0 Å². The lowest BCUT2D eigenvalue weighted by Gasteiger charge is -2.46. The predicted octanol–water partition coefficient (Wildman–Crippen LogP) is 2.47. The summed E-state index contributed by atoms with van der Waals surface area (Å²) in [6.07, 6.45) is 0.186. The van der Waals surface area contributed by atoms with Crippen LogP contribution < -0.4 is 4.74 Å². The fourth-order valence-corrected chi connectivity index (χ4v) is 6.42. The van der Waals surface area contributed by atoms with Gasteiger partial charge in [-0.2, -0.15) is 9.37 Å². The summed E-state index contributed by atoms with van der Waals surface area (Å²) in [7, 11) is 1.73. The summed E-state index contributed by atoms with van der Waals surface area (Å²) in [5.74, 6) is -4.03. The molecule has 1 heterocycles. The SMILES string of the molecule is COc1ccc(S(=O)(=O)N(C)C[C@]2([C@@H](C(=O)N(C)C)C(C)(C)C)C(=O)N(O)C(=O)[C@@H]2CC(C)C)cc1. The van der Waals surface area contributed by atoms with E-state index in [1.165, 1.54) is 43.3 Å². The average molecular weight is 526 g/mol. The average Bonchev–Trinajstić information content (AvgIpc) is 2.94. The summed E-state index contributed by atoms with van der Waals surface area (Å²) in [6.45, 7) is 8.55. The molecule has 1 aliphatic rings. The second kappa shape index (κ2) is 10.5. The summed E-state index contributed by atoms with van der Waals surface area (Å²) in [5, 5.41) is 10.6. The normalized spacial score (nSPS) is 21.9. The lowest BCUT2D eigenvalue weighted by Crippen LogP contribution is -2.59. The van der Waals surface area contributed by atoms with E-state index in [0.29, 0.717) is 5.75 Å². The van der Waals surface area contributed by atoms with Crippen LogP contribution in [0.25, 0.3) is 0 Å². The van der Waals surface area contributed by atoms with Crippen LogP contribution >= 0.6 is 0 Å². The maximum absolute atomic E-state index is 13.8. The van der Waals surface area contributed by atoms with Gasteiger partial charge in [-0.25, -0.2) is 8.42 Å². The first-order valence-electron chi connectivity index (χ1n) is 11.8. The predicted molar refractivity (Wildman–Crippen MR) is 133 cm³/mol. The summed E-state index contributed by atoms with van der Waals surface area (Å²) in [4.78, 5) is 41.9. The number of benzene rings is 1. The van der Waals surface area contributed by atoms with Crippen LogP contribution in [0, 0.1) is 28.6 Å². The molecule has 202 valence electrons. The Bertz CT molecular complexity index is 1090. The van der Waals surface area contributed by atoms with Crippen molar-refractivity contribution in [1.82, 2.24) is 14.3 Å². The molecule has 0 spiro atoms. The molecule has 1 fully saturated rings. The Morgan fingerprint density at radius 1 is 1.14 bits per heavy atom. The van der Waals surface area contributed by atoms with Crippen LogP contribution in [0.15, 0.2) is 29.2 Å². The standard InChI is InChI=1S/C25H39N3O7S/c1-16(2)14-19-21(29)28(32)23(31)25(19,20(24(3,4)5)22(30)26(6)7)15-27(8)36(33,34)18-12-10-17(35-9)11-13-18/h10-13,16,19-20,32H,14-15H2,1-9H3/t19-,20-,25-/m0/s1. The Kier molecular flexibility index (Phi) is 8.65. The summed E-state index contributed by atoms with van der Waals surface area (Å²) in [6, 6.07) is 5.78. The first-order chi connectivity index (χ1) is 16.4. The molecular formula is C25H39N3O7S. The molecule has 1 aromatic carbocycles. The molecule has 3 atom stereocenters. The lowest BCUT2D eigenvalue weighted by molar-refractivity contribution is -0.178. The molecule has 1 saturated heterocycles. The number of rotatable bonds is 9. The Labute approximate surface area is 214 Å². The van der Waals surface area contributed by atoms with Gasteiger partial charge in [0.15, 0.2) is 0 Å². The zero-order valence-electron chi connectivity index (χ0n) is 22.6. The number of nitrogens with zero attached hydrogens (tertiary/aromatic N) is 3. The number of sulfonamides is 1. The first kappa shape index (κ1) is 29.7. The van der Waals surface area contributed by atoms with Crippen molar-refractivity contribution in [2.45, 2.75) is 45.9 Å². The van der Waals surface area contributed by atoms with Crippen LogP contribution in [0.2, 0.25) is 0 Å². The van der Waals surface area contributed by atoms with E-state index in [4.69, 9.17) is 4.74 Å². The van der Waals surface area contributed by atoms with Gasteiger partial charge in [-0.1, -0.05) is 34.6 Å². The highest BCUT2D eigenvalue weighted by atomic mass is 32.2. The largest absolute Gasteiger partial charge is 0.497 e. The fraction of sp³-hybridized carbons (Fsp3) is 0.640. The zero-order chi connectivity index (χ0) is 27.8. The van der Waals surface area contributed by atoms with E-state index in [1.54, 1.807) is 34.9 Å². The molecule has 36 heavy (non-hydrogen) atoms. The van der Waals surface area contributed by atoms with Crippen molar-refractivity contribution in [3.63, 3.8) is 0 Å². The number of carbonyl (C=O) groups is 3. The van der Waals surface area contributed by atoms with Gasteiger partial charge in [0.2, 0.25) is 15.9 Å². The van der Waals surface area contributed by atoms with Crippen molar-refractivity contribution in [3.8, 4) is 5.75 Å². The van der Waals surface area contributed by atoms with Gasteiger partial charge in [0.25, 0.3) is 11.8 Å². The summed E-state index contributed by atoms with van der Waals surface area (Å²) in [5.41, 5.74) is -2.69. The van der Waals surface area contributed by atoms with Crippen molar-refractivity contribution in [3.05, 3.63) is 24.3 Å². The third-order valence-electron chi connectivity index (χ3n) is 6.75. The Hall–Kier alpha value is -2.50. The minimum Gasteiger partial charge on any atom is -0.497 e. The molecule has 2 rings (SSSR count). The topological polar surface area (TPSA) is 125 Å². The third kappa shape index (κ3) is 5.28. The zero-order valence-corrected chi connectivity index (χ0v) is 23.4. The molecule has 1 N–H and O–H groups in total. The van der Waals surface area contributed by atoms with E-state index >= 15 is 0 Å². The molecule has 10 nitrogen and oxygen atoms in total. The van der Waals surface area contributed by atoms with Crippen LogP contribution in [0.5, 0.6) is 5.75 Å². The van der Waals surface area contributed by atoms with Gasteiger partial charge >= 0.3 is 0 Å². The van der Waals surface area contributed by atoms with Crippen molar-refractivity contribution in [2.75, 3.05) is 34.8 Å². The summed E-state index contributed by atoms with van der Waals surface area (Å²) < 4.78 is 33.2.